The Hall–Kier alpha value is -2.55. The maximum atomic E-state index is 12.4. The summed E-state index contributed by atoms with van der Waals surface area (Å²) in [4.78, 5) is 26.4. The Kier molecular flexibility index (Phi) is 6.81. The normalized spacial score (nSPS) is 15.2. The summed E-state index contributed by atoms with van der Waals surface area (Å²) in [5.74, 6) is -0.660. The fourth-order valence-corrected chi connectivity index (χ4v) is 3.01. The first-order valence-corrected chi connectivity index (χ1v) is 8.52. The molecule has 0 saturated carbocycles. The number of methoxy groups -OCH3 is 2. The Labute approximate surface area is 148 Å². The number of ketones is 1. The molecular weight excluding hydrogens is 320 g/mol. The highest BCUT2D eigenvalue weighted by molar-refractivity contribution is 6.04. The molecule has 0 aliphatic carbocycles. The molecule has 1 amide bonds. The van der Waals surface area contributed by atoms with E-state index in [1.807, 2.05) is 12.1 Å². The van der Waals surface area contributed by atoms with Gasteiger partial charge in [0.05, 0.1) is 20.3 Å². The van der Waals surface area contributed by atoms with E-state index in [-0.39, 0.29) is 18.1 Å². The van der Waals surface area contributed by atoms with Crippen molar-refractivity contribution in [1.82, 2.24) is 4.90 Å². The number of hydrogen-bond donors (Lipinski definition) is 0. The Balaban J connectivity index is 1.98. The van der Waals surface area contributed by atoms with Crippen LogP contribution in [-0.2, 0) is 16.0 Å². The Morgan fingerprint density at radius 1 is 1.16 bits per heavy atom. The van der Waals surface area contributed by atoms with Crippen LogP contribution in [0.3, 0.4) is 0 Å². The summed E-state index contributed by atoms with van der Waals surface area (Å²) >= 11 is 0. The second-order valence-electron chi connectivity index (χ2n) is 6.10. The van der Waals surface area contributed by atoms with Gasteiger partial charge in [0.1, 0.15) is 0 Å². The number of carbonyl (C=O) groups is 2. The highest BCUT2D eigenvalue weighted by Crippen LogP contribution is 2.28. The number of rotatable bonds is 7. The molecule has 1 atom stereocenters. The van der Waals surface area contributed by atoms with Crippen molar-refractivity contribution in [3.63, 3.8) is 0 Å². The summed E-state index contributed by atoms with van der Waals surface area (Å²) in [6.07, 6.45) is 3.56. The SMILES string of the molecule is COc1ccc(CCC(=O)C(C#N)C(=O)N2CCCCC2)cc1OC. The number of nitrogens with zero attached hydrogens (tertiary/aromatic N) is 2. The molecule has 0 bridgehead atoms. The molecule has 2 rings (SSSR count). The van der Waals surface area contributed by atoms with Crippen LogP contribution in [0.4, 0.5) is 0 Å². The van der Waals surface area contributed by atoms with E-state index in [0.717, 1.165) is 24.8 Å². The molecule has 1 unspecified atom stereocenters. The lowest BCUT2D eigenvalue weighted by Crippen LogP contribution is -2.41. The quantitative estimate of drug-likeness (QED) is 0.710. The number of amides is 1. The molecular formula is C19H24N2O4. The van der Waals surface area contributed by atoms with Gasteiger partial charge in [-0.1, -0.05) is 6.07 Å². The number of benzene rings is 1. The minimum atomic E-state index is -1.20. The molecule has 1 fully saturated rings. The molecule has 1 aromatic carbocycles. The number of ether oxygens (including phenoxy) is 2. The van der Waals surface area contributed by atoms with Gasteiger partial charge in [-0.25, -0.2) is 0 Å². The average Bonchev–Trinajstić information content (AvgIpc) is 2.67. The summed E-state index contributed by atoms with van der Waals surface area (Å²) < 4.78 is 10.4. The minimum absolute atomic E-state index is 0.146. The van der Waals surface area contributed by atoms with Crippen LogP contribution in [0.25, 0.3) is 0 Å². The van der Waals surface area contributed by atoms with Gasteiger partial charge in [0.15, 0.2) is 23.2 Å². The number of carbonyl (C=O) groups excluding carboxylic acids is 2. The smallest absolute Gasteiger partial charge is 0.247 e. The van der Waals surface area contributed by atoms with Crippen LogP contribution in [0.1, 0.15) is 31.2 Å². The number of aryl methyl sites for hydroxylation is 1. The van der Waals surface area contributed by atoms with Crippen LogP contribution in [0, 0.1) is 17.2 Å². The van der Waals surface area contributed by atoms with Crippen LogP contribution in [0.2, 0.25) is 0 Å². The van der Waals surface area contributed by atoms with Crippen LogP contribution in [0.5, 0.6) is 11.5 Å². The Morgan fingerprint density at radius 3 is 2.44 bits per heavy atom. The summed E-state index contributed by atoms with van der Waals surface area (Å²) in [6.45, 7) is 1.28. The van der Waals surface area contributed by atoms with Crippen molar-refractivity contribution in [1.29, 1.82) is 5.26 Å². The van der Waals surface area contributed by atoms with Crippen molar-refractivity contribution in [3.8, 4) is 17.6 Å². The zero-order chi connectivity index (χ0) is 18.2. The molecule has 25 heavy (non-hydrogen) atoms. The second kappa shape index (κ2) is 9.07. The van der Waals surface area contributed by atoms with Crippen LogP contribution >= 0.6 is 0 Å². The molecule has 1 aliphatic heterocycles. The van der Waals surface area contributed by atoms with Gasteiger partial charge in [-0.15, -0.1) is 0 Å². The highest BCUT2D eigenvalue weighted by Gasteiger charge is 2.30. The van der Waals surface area contributed by atoms with E-state index in [4.69, 9.17) is 9.47 Å². The van der Waals surface area contributed by atoms with Crippen LogP contribution < -0.4 is 9.47 Å². The van der Waals surface area contributed by atoms with E-state index in [1.54, 1.807) is 31.3 Å². The summed E-state index contributed by atoms with van der Waals surface area (Å²) in [5.41, 5.74) is 0.896. The summed E-state index contributed by atoms with van der Waals surface area (Å²) in [6, 6.07) is 7.32. The first-order valence-electron chi connectivity index (χ1n) is 8.52. The first-order chi connectivity index (χ1) is 12.1. The average molecular weight is 344 g/mol. The lowest BCUT2D eigenvalue weighted by molar-refractivity contribution is -0.139. The summed E-state index contributed by atoms with van der Waals surface area (Å²) in [7, 11) is 3.11. The van der Waals surface area contributed by atoms with Crippen molar-refractivity contribution in [2.75, 3.05) is 27.3 Å². The van der Waals surface area contributed by atoms with Gasteiger partial charge in [0, 0.05) is 19.5 Å². The Bertz CT molecular complexity index is 660. The van der Waals surface area contributed by atoms with Crippen molar-refractivity contribution in [3.05, 3.63) is 23.8 Å². The molecule has 6 heteroatoms. The van der Waals surface area contributed by atoms with Gasteiger partial charge < -0.3 is 14.4 Å². The molecule has 1 aromatic rings. The zero-order valence-electron chi connectivity index (χ0n) is 14.8. The predicted octanol–water partition coefficient (Wildman–Crippen LogP) is 2.36. The molecule has 134 valence electrons. The molecule has 1 saturated heterocycles. The fourth-order valence-electron chi connectivity index (χ4n) is 3.01. The number of piperidine rings is 1. The molecule has 0 aromatic heterocycles. The van der Waals surface area contributed by atoms with Gasteiger partial charge in [-0.2, -0.15) is 5.26 Å². The topological polar surface area (TPSA) is 79.6 Å². The minimum Gasteiger partial charge on any atom is -0.493 e. The van der Waals surface area contributed by atoms with Crippen molar-refractivity contribution in [2.24, 2.45) is 5.92 Å². The van der Waals surface area contributed by atoms with Crippen LogP contribution in [-0.4, -0.2) is 43.9 Å². The van der Waals surface area contributed by atoms with E-state index in [2.05, 4.69) is 0 Å². The van der Waals surface area contributed by atoms with Gasteiger partial charge in [0.2, 0.25) is 5.91 Å². The maximum absolute atomic E-state index is 12.4. The number of Topliss-reactive ketones (excluding diaryl/α,β-unsaturated/α-hetero) is 1. The summed E-state index contributed by atoms with van der Waals surface area (Å²) in [5, 5.41) is 9.29. The van der Waals surface area contributed by atoms with Gasteiger partial charge in [0.25, 0.3) is 0 Å². The zero-order valence-corrected chi connectivity index (χ0v) is 14.8. The molecule has 1 aliphatic rings. The third-order valence-corrected chi connectivity index (χ3v) is 4.47. The molecule has 0 spiro atoms. The molecule has 0 radical (unpaired) electrons. The van der Waals surface area contributed by atoms with E-state index >= 15 is 0 Å². The van der Waals surface area contributed by atoms with Gasteiger partial charge in [-0.3, -0.25) is 9.59 Å². The predicted molar refractivity (Wildman–Crippen MR) is 92.4 cm³/mol. The van der Waals surface area contributed by atoms with E-state index in [9.17, 15) is 14.9 Å². The Morgan fingerprint density at radius 2 is 1.84 bits per heavy atom. The van der Waals surface area contributed by atoms with Crippen molar-refractivity contribution < 1.29 is 19.1 Å². The number of hydrogen-bond acceptors (Lipinski definition) is 5. The van der Waals surface area contributed by atoms with Gasteiger partial charge in [-0.05, 0) is 43.4 Å². The molecule has 1 heterocycles. The van der Waals surface area contributed by atoms with Gasteiger partial charge >= 0.3 is 0 Å². The van der Waals surface area contributed by atoms with E-state index in [0.29, 0.717) is 31.0 Å². The standard InChI is InChI=1S/C19H24N2O4/c1-24-17-9-7-14(12-18(17)25-2)6-8-16(22)15(13-20)19(23)21-10-4-3-5-11-21/h7,9,12,15H,3-6,8,10-11H2,1-2H3. The van der Waals surface area contributed by atoms with Crippen molar-refractivity contribution in [2.45, 2.75) is 32.1 Å². The van der Waals surface area contributed by atoms with Crippen LogP contribution in [0.15, 0.2) is 18.2 Å². The molecule has 0 N–H and O–H groups in total. The third-order valence-electron chi connectivity index (χ3n) is 4.47. The largest absolute Gasteiger partial charge is 0.493 e. The lowest BCUT2D eigenvalue weighted by atomic mass is 9.96. The lowest BCUT2D eigenvalue weighted by Gasteiger charge is -2.28. The maximum Gasteiger partial charge on any atom is 0.247 e. The molecule has 6 nitrogen and oxygen atoms in total. The van der Waals surface area contributed by atoms with E-state index in [1.165, 1.54) is 0 Å². The van der Waals surface area contributed by atoms with Crippen molar-refractivity contribution >= 4 is 11.7 Å². The fraction of sp³-hybridized carbons (Fsp3) is 0.526. The second-order valence-corrected chi connectivity index (χ2v) is 6.10. The van der Waals surface area contributed by atoms with E-state index < -0.39 is 5.92 Å². The monoisotopic (exact) mass is 344 g/mol. The first kappa shape index (κ1) is 18.8. The number of likely N-dealkylation sites (tertiary alicyclic amines) is 1. The number of nitriles is 1. The highest BCUT2D eigenvalue weighted by atomic mass is 16.5. The third kappa shape index (κ3) is 4.72.